The number of nitrogens with one attached hydrogen (secondary N) is 2. The molecule has 2 aromatic rings. The van der Waals surface area contributed by atoms with Crippen molar-refractivity contribution >= 4 is 40.7 Å². The molecule has 7 atom stereocenters. The normalized spacial score (nSPS) is 32.8. The van der Waals surface area contributed by atoms with Gasteiger partial charge in [0.2, 0.25) is 17.7 Å². The van der Waals surface area contributed by atoms with Crippen LogP contribution in [-0.4, -0.2) is 57.6 Å². The molecule has 8 nitrogen and oxygen atoms in total. The molecule has 3 aliphatic rings. The molecule has 0 aromatic heterocycles. The molecule has 9 heteroatoms. The lowest BCUT2D eigenvalue weighted by molar-refractivity contribution is -0.147. The van der Waals surface area contributed by atoms with Gasteiger partial charge in [0.05, 0.1) is 40.8 Å². The summed E-state index contributed by atoms with van der Waals surface area (Å²) in [5.74, 6) is -2.90. The number of benzene rings is 2. The van der Waals surface area contributed by atoms with Crippen molar-refractivity contribution in [1.82, 2.24) is 4.90 Å². The highest BCUT2D eigenvalue weighted by Crippen LogP contribution is 2.65. The Bertz CT molecular complexity index is 1240. The van der Waals surface area contributed by atoms with Crippen molar-refractivity contribution in [3.8, 4) is 0 Å². The van der Waals surface area contributed by atoms with Gasteiger partial charge in [-0.25, -0.2) is 0 Å². The van der Waals surface area contributed by atoms with E-state index in [1.54, 1.807) is 31.2 Å². The first-order valence-electron chi connectivity index (χ1n) is 12.6. The van der Waals surface area contributed by atoms with Gasteiger partial charge >= 0.3 is 0 Å². The lowest BCUT2D eigenvalue weighted by atomic mass is 9.62. The lowest BCUT2D eigenvalue weighted by Crippen LogP contribution is -2.56. The zero-order chi connectivity index (χ0) is 26.7. The lowest BCUT2D eigenvalue weighted by Gasteiger charge is -2.36. The predicted octanol–water partition coefficient (Wildman–Crippen LogP) is 3.62. The van der Waals surface area contributed by atoms with Gasteiger partial charge in [0, 0.05) is 5.69 Å². The number of amides is 3. The number of para-hydroxylation sites is 2. The maximum absolute atomic E-state index is 14.0. The highest BCUT2D eigenvalue weighted by Gasteiger charge is 2.80. The highest BCUT2D eigenvalue weighted by molar-refractivity contribution is 6.34. The Labute approximate surface area is 221 Å². The first-order valence-corrected chi connectivity index (χ1v) is 13.0. The molecule has 0 radical (unpaired) electrons. The topological polar surface area (TPSA) is 108 Å². The van der Waals surface area contributed by atoms with Gasteiger partial charge in [0.25, 0.3) is 0 Å². The third-order valence-electron chi connectivity index (χ3n) is 8.53. The van der Waals surface area contributed by atoms with Gasteiger partial charge in [-0.15, -0.1) is 0 Å². The van der Waals surface area contributed by atoms with Crippen LogP contribution in [-0.2, 0) is 19.1 Å². The van der Waals surface area contributed by atoms with Crippen LogP contribution in [0, 0.1) is 24.7 Å². The summed E-state index contributed by atoms with van der Waals surface area (Å²) in [6, 6.07) is 12.7. The fraction of sp³-hybridized carbons (Fsp3) is 0.464. The second kappa shape index (κ2) is 9.11. The molecule has 3 fully saturated rings. The maximum atomic E-state index is 14.0. The van der Waals surface area contributed by atoms with Gasteiger partial charge in [-0.2, -0.15) is 0 Å². The molecular formula is C28H32ClN3O5. The number of anilines is 2. The second-order valence-electron chi connectivity index (χ2n) is 10.8. The third-order valence-corrected chi connectivity index (χ3v) is 8.85. The number of hydrogen-bond acceptors (Lipinski definition) is 5. The Morgan fingerprint density at radius 1 is 1.16 bits per heavy atom. The molecule has 3 unspecified atom stereocenters. The Hall–Kier alpha value is -2.94. The Morgan fingerprint density at radius 2 is 1.86 bits per heavy atom. The van der Waals surface area contributed by atoms with Crippen LogP contribution in [0.2, 0.25) is 5.02 Å². The maximum Gasteiger partial charge on any atom is 0.250 e. The van der Waals surface area contributed by atoms with Gasteiger partial charge in [-0.1, -0.05) is 48.9 Å². The largest absolute Gasteiger partial charge is 0.394 e. The molecule has 3 aliphatic heterocycles. The number of nitrogens with zero attached hydrogens (tertiary/aromatic N) is 1. The van der Waals surface area contributed by atoms with Crippen LogP contribution in [0.3, 0.4) is 0 Å². The molecule has 0 saturated carbocycles. The highest BCUT2D eigenvalue weighted by atomic mass is 35.5. The molecule has 1 spiro atoms. The number of carbonyl (C=O) groups excluding carboxylic acids is 3. The van der Waals surface area contributed by atoms with Crippen LogP contribution in [0.1, 0.15) is 32.8 Å². The number of aliphatic hydroxyl groups is 1. The molecule has 0 aliphatic carbocycles. The number of likely N-dealkylation sites (tertiary alicyclic amines) is 1. The van der Waals surface area contributed by atoms with Crippen LogP contribution >= 0.6 is 11.6 Å². The zero-order valence-corrected chi connectivity index (χ0v) is 22.1. The van der Waals surface area contributed by atoms with Gasteiger partial charge in [-0.3, -0.25) is 14.4 Å². The Kier molecular flexibility index (Phi) is 6.33. The predicted molar refractivity (Wildman–Crippen MR) is 140 cm³/mol. The molecule has 2 aromatic carbocycles. The minimum absolute atomic E-state index is 0.0928. The molecule has 3 saturated heterocycles. The van der Waals surface area contributed by atoms with Gasteiger partial charge in [-0.05, 0) is 56.9 Å². The van der Waals surface area contributed by atoms with Crippen LogP contribution < -0.4 is 10.6 Å². The summed E-state index contributed by atoms with van der Waals surface area (Å²) in [7, 11) is 0. The fourth-order valence-corrected chi connectivity index (χ4v) is 6.93. The number of aryl methyl sites for hydroxylation is 1. The standard InChI is InChI=1S/C28H32ClN3O5/c1-15-9-8-12-19(29)22(15)31-25(35)23-28-13-16(2)27(4,37-28)20(21(28)26(36)32(23)17(3)14-33)24(34)30-18-10-6-5-7-11-18/h5-12,16-17,20-21,23,33H,13-14H2,1-4H3,(H,30,34)(H,31,35)/t16?,17-,20-,21+,23?,27+,28?/m1/s1. The van der Waals surface area contributed by atoms with Crippen molar-refractivity contribution in [2.45, 2.75) is 57.4 Å². The first kappa shape index (κ1) is 25.7. The van der Waals surface area contributed by atoms with E-state index in [0.29, 0.717) is 22.8 Å². The number of aliphatic hydroxyl groups excluding tert-OH is 1. The molecule has 5 rings (SSSR count). The van der Waals surface area contributed by atoms with Crippen molar-refractivity contribution in [2.75, 3.05) is 17.2 Å². The minimum Gasteiger partial charge on any atom is -0.394 e. The van der Waals surface area contributed by atoms with Crippen LogP contribution in [0.25, 0.3) is 0 Å². The summed E-state index contributed by atoms with van der Waals surface area (Å²) in [4.78, 5) is 43.1. The van der Waals surface area contributed by atoms with Crippen LogP contribution in [0.15, 0.2) is 48.5 Å². The summed E-state index contributed by atoms with van der Waals surface area (Å²) < 4.78 is 6.68. The quantitative estimate of drug-likeness (QED) is 0.534. The molecule has 37 heavy (non-hydrogen) atoms. The van der Waals surface area contributed by atoms with E-state index in [1.165, 1.54) is 4.90 Å². The smallest absolute Gasteiger partial charge is 0.250 e. The average Bonchev–Trinajstić information content (AvgIpc) is 3.38. The zero-order valence-electron chi connectivity index (χ0n) is 21.3. The Balaban J connectivity index is 1.57. The number of halogens is 1. The minimum atomic E-state index is -1.22. The van der Waals surface area contributed by atoms with E-state index in [0.717, 1.165) is 5.56 Å². The van der Waals surface area contributed by atoms with Crippen LogP contribution in [0.4, 0.5) is 11.4 Å². The van der Waals surface area contributed by atoms with E-state index in [2.05, 4.69) is 10.6 Å². The monoisotopic (exact) mass is 525 g/mol. The van der Waals surface area contributed by atoms with E-state index in [-0.39, 0.29) is 24.3 Å². The van der Waals surface area contributed by atoms with E-state index in [4.69, 9.17) is 16.3 Å². The van der Waals surface area contributed by atoms with Crippen LogP contribution in [0.5, 0.6) is 0 Å². The van der Waals surface area contributed by atoms with Crippen molar-refractivity contribution in [3.05, 3.63) is 59.1 Å². The number of rotatable bonds is 6. The molecule has 3 amide bonds. The first-order chi connectivity index (χ1) is 17.5. The third kappa shape index (κ3) is 3.76. The summed E-state index contributed by atoms with van der Waals surface area (Å²) >= 11 is 6.39. The summed E-state index contributed by atoms with van der Waals surface area (Å²) in [6.45, 7) is 7.04. The SMILES string of the molecule is Cc1cccc(Cl)c1NC(=O)C1N([C@H](C)CO)C(=O)[C@@H]2[C@H](C(=O)Nc3ccccc3)[C@@]3(C)OC12CC3C. The van der Waals surface area contributed by atoms with E-state index >= 15 is 0 Å². The molecule has 3 N–H and O–H groups in total. The van der Waals surface area contributed by atoms with Crippen molar-refractivity contribution < 1.29 is 24.2 Å². The second-order valence-corrected chi connectivity index (χ2v) is 11.2. The summed E-state index contributed by atoms with van der Waals surface area (Å²) in [5.41, 5.74) is -0.296. The number of ether oxygens (including phenoxy) is 1. The van der Waals surface area contributed by atoms with Gasteiger partial charge in [0.15, 0.2) is 0 Å². The fourth-order valence-electron chi connectivity index (χ4n) is 6.66. The van der Waals surface area contributed by atoms with E-state index < -0.39 is 41.0 Å². The Morgan fingerprint density at radius 3 is 2.51 bits per heavy atom. The number of carbonyl (C=O) groups is 3. The van der Waals surface area contributed by atoms with Gasteiger partial charge < -0.3 is 25.4 Å². The molecule has 2 bridgehead atoms. The molecule has 196 valence electrons. The summed E-state index contributed by atoms with van der Waals surface area (Å²) in [5, 5.41) is 16.3. The van der Waals surface area contributed by atoms with Crippen molar-refractivity contribution in [3.63, 3.8) is 0 Å². The number of fused-ring (bicyclic) bond motifs is 1. The summed E-state index contributed by atoms with van der Waals surface area (Å²) in [6.07, 6.45) is 0.434. The van der Waals surface area contributed by atoms with Gasteiger partial charge in [0.1, 0.15) is 11.6 Å². The van der Waals surface area contributed by atoms with Crippen molar-refractivity contribution in [2.24, 2.45) is 17.8 Å². The average molecular weight is 526 g/mol. The molecular weight excluding hydrogens is 494 g/mol. The van der Waals surface area contributed by atoms with E-state index in [1.807, 2.05) is 45.0 Å². The van der Waals surface area contributed by atoms with E-state index in [9.17, 15) is 19.5 Å². The number of hydrogen-bond donors (Lipinski definition) is 3. The molecule has 3 heterocycles. The van der Waals surface area contributed by atoms with Crippen molar-refractivity contribution in [1.29, 1.82) is 0 Å².